The molecule has 144 valence electrons. The van der Waals surface area contributed by atoms with Gasteiger partial charge in [-0.3, -0.25) is 9.59 Å². The highest BCUT2D eigenvalue weighted by molar-refractivity contribution is 5.98. The Labute approximate surface area is 161 Å². The minimum absolute atomic E-state index is 0.0144. The van der Waals surface area contributed by atoms with E-state index in [1.54, 1.807) is 12.1 Å². The van der Waals surface area contributed by atoms with Gasteiger partial charge in [-0.05, 0) is 30.3 Å². The first-order valence-corrected chi connectivity index (χ1v) is 9.34. The summed E-state index contributed by atoms with van der Waals surface area (Å²) in [5.74, 6) is -0.551. The van der Waals surface area contributed by atoms with Gasteiger partial charge in [0.25, 0.3) is 11.8 Å². The van der Waals surface area contributed by atoms with E-state index in [1.807, 2.05) is 35.2 Å². The predicted octanol–water partition coefficient (Wildman–Crippen LogP) is 1.29. The zero-order valence-electron chi connectivity index (χ0n) is 15.4. The third-order valence-corrected chi connectivity index (χ3v) is 5.04. The van der Waals surface area contributed by atoms with Crippen molar-refractivity contribution >= 4 is 28.4 Å². The maximum Gasteiger partial charge on any atom is 0.279 e. The number of benzene rings is 2. The van der Waals surface area contributed by atoms with Gasteiger partial charge in [-0.25, -0.2) is 4.39 Å². The summed E-state index contributed by atoms with van der Waals surface area (Å²) in [6.45, 7) is 2.88. The fourth-order valence-corrected chi connectivity index (χ4v) is 3.56. The summed E-state index contributed by atoms with van der Waals surface area (Å²) >= 11 is 0. The van der Waals surface area contributed by atoms with Crippen molar-refractivity contribution < 1.29 is 18.9 Å². The van der Waals surface area contributed by atoms with E-state index in [0.29, 0.717) is 44.1 Å². The number of nitrogens with zero attached hydrogens (tertiary/aromatic N) is 1. The fourth-order valence-electron chi connectivity index (χ4n) is 3.56. The van der Waals surface area contributed by atoms with E-state index in [-0.39, 0.29) is 17.6 Å². The quantitative estimate of drug-likeness (QED) is 0.637. The van der Waals surface area contributed by atoms with E-state index in [2.05, 4.69) is 10.3 Å². The average Bonchev–Trinajstić information content (AvgIpc) is 3.12. The van der Waals surface area contributed by atoms with Crippen LogP contribution < -0.4 is 10.2 Å². The molecule has 3 aromatic rings. The second-order valence-electron chi connectivity index (χ2n) is 7.05. The highest BCUT2D eigenvalue weighted by Gasteiger charge is 2.26. The van der Waals surface area contributed by atoms with Crippen molar-refractivity contribution in [2.45, 2.75) is 0 Å². The number of hydrogen-bond acceptors (Lipinski definition) is 2. The maximum atomic E-state index is 13.2. The molecule has 3 N–H and O–H groups in total. The number of rotatable bonds is 4. The number of piperazine rings is 1. The van der Waals surface area contributed by atoms with Crippen LogP contribution in [0.4, 0.5) is 10.1 Å². The average molecular weight is 381 g/mol. The molecule has 2 aromatic carbocycles. The largest absolute Gasteiger partial charge is 0.351 e. The number of amides is 2. The standard InChI is InChI=1S/C21H21FN4O2/c22-16-5-3-6-17(13-16)23-20(27)14-25-8-10-26(11-9-25)21(28)19-12-15-4-1-2-7-18(15)24-19/h1-7,12-13,24H,8-11,14H2,(H,23,27)/p+1. The van der Waals surface area contributed by atoms with Gasteiger partial charge >= 0.3 is 0 Å². The number of halogens is 1. The highest BCUT2D eigenvalue weighted by Crippen LogP contribution is 2.16. The molecule has 0 bridgehead atoms. The SMILES string of the molecule is O=C(C[NH+]1CCN(C(=O)c2cc3ccccc3[nH]2)CC1)Nc1cccc(F)c1. The molecule has 1 aromatic heterocycles. The van der Waals surface area contributed by atoms with Crippen molar-refractivity contribution in [3.8, 4) is 0 Å². The second-order valence-corrected chi connectivity index (χ2v) is 7.05. The predicted molar refractivity (Wildman–Crippen MR) is 105 cm³/mol. The lowest BCUT2D eigenvalue weighted by Gasteiger charge is -2.31. The summed E-state index contributed by atoms with van der Waals surface area (Å²) in [6, 6.07) is 15.5. The molecule has 1 fully saturated rings. The molecule has 0 unspecified atom stereocenters. The van der Waals surface area contributed by atoms with E-state index < -0.39 is 0 Å². The van der Waals surface area contributed by atoms with Crippen LogP contribution in [0.3, 0.4) is 0 Å². The molecule has 1 aliphatic rings. The van der Waals surface area contributed by atoms with Crippen LogP contribution in [-0.4, -0.2) is 54.4 Å². The van der Waals surface area contributed by atoms with Gasteiger partial charge in [0, 0.05) is 16.6 Å². The van der Waals surface area contributed by atoms with E-state index in [0.717, 1.165) is 15.8 Å². The number of para-hydroxylation sites is 1. The van der Waals surface area contributed by atoms with Crippen molar-refractivity contribution in [1.29, 1.82) is 0 Å². The minimum atomic E-state index is -0.380. The van der Waals surface area contributed by atoms with Crippen LogP contribution in [0.15, 0.2) is 54.6 Å². The molecule has 1 aliphatic heterocycles. The Morgan fingerprint density at radius 1 is 1.07 bits per heavy atom. The first kappa shape index (κ1) is 18.2. The van der Waals surface area contributed by atoms with Gasteiger partial charge < -0.3 is 20.1 Å². The van der Waals surface area contributed by atoms with E-state index in [9.17, 15) is 14.0 Å². The Kier molecular flexibility index (Phi) is 5.08. The van der Waals surface area contributed by atoms with Crippen LogP contribution in [0, 0.1) is 5.82 Å². The lowest BCUT2D eigenvalue weighted by molar-refractivity contribution is -0.895. The van der Waals surface area contributed by atoms with Crippen LogP contribution in [0.1, 0.15) is 10.5 Å². The van der Waals surface area contributed by atoms with Gasteiger partial charge in [-0.2, -0.15) is 0 Å². The Morgan fingerprint density at radius 2 is 1.86 bits per heavy atom. The number of H-pyrrole nitrogens is 1. The first-order chi connectivity index (χ1) is 13.6. The van der Waals surface area contributed by atoms with Gasteiger partial charge in [0.2, 0.25) is 0 Å². The van der Waals surface area contributed by atoms with E-state index in [1.165, 1.54) is 12.1 Å². The summed E-state index contributed by atoms with van der Waals surface area (Å²) in [4.78, 5) is 31.0. The van der Waals surface area contributed by atoms with Gasteiger partial charge in [-0.1, -0.05) is 24.3 Å². The molecule has 2 heterocycles. The molecule has 0 radical (unpaired) electrons. The maximum absolute atomic E-state index is 13.2. The number of hydrogen-bond donors (Lipinski definition) is 3. The number of quaternary nitrogens is 1. The van der Waals surface area contributed by atoms with Gasteiger partial charge in [-0.15, -0.1) is 0 Å². The smallest absolute Gasteiger partial charge is 0.279 e. The monoisotopic (exact) mass is 381 g/mol. The fraction of sp³-hybridized carbons (Fsp3) is 0.238. The number of nitrogens with one attached hydrogen (secondary N) is 3. The van der Waals surface area contributed by atoms with Crippen LogP contribution in [-0.2, 0) is 4.79 Å². The van der Waals surface area contributed by atoms with Gasteiger partial charge in [0.15, 0.2) is 6.54 Å². The molecule has 4 rings (SSSR count). The first-order valence-electron chi connectivity index (χ1n) is 9.34. The number of carbonyl (C=O) groups excluding carboxylic acids is 2. The number of anilines is 1. The lowest BCUT2D eigenvalue weighted by Crippen LogP contribution is -3.15. The third kappa shape index (κ3) is 4.04. The molecule has 6 nitrogen and oxygen atoms in total. The van der Waals surface area contributed by atoms with Gasteiger partial charge in [0.05, 0.1) is 26.2 Å². The number of aromatic amines is 1. The topological polar surface area (TPSA) is 69.6 Å². The third-order valence-electron chi connectivity index (χ3n) is 5.04. The van der Waals surface area contributed by atoms with Crippen LogP contribution >= 0.6 is 0 Å². The van der Waals surface area contributed by atoms with Crippen LogP contribution in [0.5, 0.6) is 0 Å². The van der Waals surface area contributed by atoms with Crippen molar-refractivity contribution in [3.63, 3.8) is 0 Å². The highest BCUT2D eigenvalue weighted by atomic mass is 19.1. The van der Waals surface area contributed by atoms with Crippen molar-refractivity contribution in [3.05, 3.63) is 66.1 Å². The summed E-state index contributed by atoms with van der Waals surface area (Å²) < 4.78 is 13.2. The molecule has 1 saturated heterocycles. The molecule has 0 spiro atoms. The zero-order chi connectivity index (χ0) is 19.5. The summed E-state index contributed by atoms with van der Waals surface area (Å²) in [7, 11) is 0. The molecule has 2 amide bonds. The second kappa shape index (κ2) is 7.82. The molecule has 0 atom stereocenters. The van der Waals surface area contributed by atoms with Gasteiger partial charge in [0.1, 0.15) is 11.5 Å². The molecule has 0 aliphatic carbocycles. The Bertz CT molecular complexity index is 975. The van der Waals surface area contributed by atoms with Crippen molar-refractivity contribution in [1.82, 2.24) is 9.88 Å². The molecule has 0 saturated carbocycles. The Hall–Kier alpha value is -3.19. The normalized spacial score (nSPS) is 15.0. The molecule has 7 heteroatoms. The van der Waals surface area contributed by atoms with Crippen molar-refractivity contribution in [2.75, 3.05) is 38.0 Å². The van der Waals surface area contributed by atoms with E-state index in [4.69, 9.17) is 0 Å². The van der Waals surface area contributed by atoms with E-state index >= 15 is 0 Å². The molecular weight excluding hydrogens is 359 g/mol. The number of fused-ring (bicyclic) bond motifs is 1. The molecular formula is C21H22FN4O2+. The van der Waals surface area contributed by atoms with Crippen LogP contribution in [0.2, 0.25) is 0 Å². The number of aromatic nitrogens is 1. The summed E-state index contributed by atoms with van der Waals surface area (Å²) in [6.07, 6.45) is 0. The minimum Gasteiger partial charge on any atom is -0.351 e. The Morgan fingerprint density at radius 3 is 2.61 bits per heavy atom. The lowest BCUT2D eigenvalue weighted by atomic mass is 10.2. The summed E-state index contributed by atoms with van der Waals surface area (Å²) in [5, 5.41) is 3.74. The molecule has 28 heavy (non-hydrogen) atoms. The zero-order valence-corrected chi connectivity index (χ0v) is 15.4. The van der Waals surface area contributed by atoms with Crippen LogP contribution in [0.25, 0.3) is 10.9 Å². The van der Waals surface area contributed by atoms with Crippen molar-refractivity contribution in [2.24, 2.45) is 0 Å². The Balaban J connectivity index is 1.30. The number of carbonyl (C=O) groups is 2. The summed E-state index contributed by atoms with van der Waals surface area (Å²) in [5.41, 5.74) is 2.00.